The number of ether oxygens (including phenoxy) is 7. The number of aromatic nitrogens is 2. The molecule has 5 aromatic rings. The van der Waals surface area contributed by atoms with Gasteiger partial charge in [0.1, 0.15) is 47.0 Å². The largest absolute Gasteiger partial charge is 0.497 e. The molecule has 0 unspecified atom stereocenters. The molecule has 1 aromatic heterocycles. The number of anilines is 1. The molecule has 1 amide bonds. The second-order valence-corrected chi connectivity index (χ2v) is 14.4. The molecule has 0 bridgehead atoms. The molecule has 0 radical (unpaired) electrons. The first kappa shape index (κ1) is 40.1. The van der Waals surface area contributed by atoms with Crippen molar-refractivity contribution in [2.75, 3.05) is 47.0 Å². The summed E-state index contributed by atoms with van der Waals surface area (Å²) in [6.45, 7) is 6.15. The summed E-state index contributed by atoms with van der Waals surface area (Å²) in [4.78, 5) is 30.3. The van der Waals surface area contributed by atoms with Crippen LogP contribution < -0.4 is 25.2 Å². The Morgan fingerprint density at radius 2 is 1.25 bits per heavy atom. The lowest BCUT2D eigenvalue weighted by Gasteiger charge is -2.37. The van der Waals surface area contributed by atoms with Crippen molar-refractivity contribution in [1.82, 2.24) is 9.55 Å². The van der Waals surface area contributed by atoms with Gasteiger partial charge in [0.2, 0.25) is 0 Å². The third-order valence-electron chi connectivity index (χ3n) is 9.93. The first-order valence-electron chi connectivity index (χ1n) is 18.3. The van der Waals surface area contributed by atoms with Crippen molar-refractivity contribution in [2.24, 2.45) is 0 Å². The Bertz CT molecular complexity index is 2050. The third kappa shape index (κ3) is 8.63. The van der Waals surface area contributed by atoms with Gasteiger partial charge in [-0.1, -0.05) is 87.5 Å². The summed E-state index contributed by atoms with van der Waals surface area (Å²) in [5.74, 6) is 1.57. The number of rotatable bonds is 15. The van der Waals surface area contributed by atoms with Crippen molar-refractivity contribution in [3.8, 4) is 17.2 Å². The van der Waals surface area contributed by atoms with Crippen LogP contribution in [0.2, 0.25) is 0 Å². The van der Waals surface area contributed by atoms with Gasteiger partial charge in [0.05, 0.1) is 20.8 Å². The highest BCUT2D eigenvalue weighted by atomic mass is 16.6. The molecule has 1 aliphatic heterocycles. The minimum Gasteiger partial charge on any atom is -0.497 e. The van der Waals surface area contributed by atoms with Gasteiger partial charge in [-0.3, -0.25) is 9.36 Å². The van der Waals surface area contributed by atoms with Gasteiger partial charge in [-0.2, -0.15) is 4.98 Å². The van der Waals surface area contributed by atoms with E-state index in [1.165, 1.54) is 23.9 Å². The zero-order chi connectivity index (χ0) is 39.9. The van der Waals surface area contributed by atoms with Crippen LogP contribution in [0.1, 0.15) is 49.3 Å². The highest BCUT2D eigenvalue weighted by Crippen LogP contribution is 2.43. The fourth-order valence-corrected chi connectivity index (χ4v) is 6.94. The summed E-state index contributed by atoms with van der Waals surface area (Å²) in [6, 6.07) is 34.5. The summed E-state index contributed by atoms with van der Waals surface area (Å²) in [5.41, 5.74) is 1.97. The number of methoxy groups -OCH3 is 4. The lowest BCUT2D eigenvalue weighted by Crippen LogP contribution is -2.41. The molecule has 4 atom stereocenters. The molecular weight excluding hydrogens is 714 g/mol. The van der Waals surface area contributed by atoms with E-state index in [-0.39, 0.29) is 24.4 Å². The number of amides is 1. The van der Waals surface area contributed by atoms with Gasteiger partial charge in [0.15, 0.2) is 12.8 Å². The monoisotopic (exact) mass is 763 g/mol. The van der Waals surface area contributed by atoms with Gasteiger partial charge in [-0.25, -0.2) is 4.79 Å². The fourth-order valence-electron chi connectivity index (χ4n) is 6.94. The van der Waals surface area contributed by atoms with E-state index in [4.69, 9.17) is 33.2 Å². The van der Waals surface area contributed by atoms with Crippen LogP contribution in [0.3, 0.4) is 0 Å². The van der Waals surface area contributed by atoms with E-state index < -0.39 is 41.7 Å². The number of carbonyl (C=O) groups is 1. The van der Waals surface area contributed by atoms with Gasteiger partial charge in [-0.15, -0.1) is 0 Å². The van der Waals surface area contributed by atoms with Crippen LogP contribution in [0.15, 0.2) is 120 Å². The average Bonchev–Trinajstić information content (AvgIpc) is 3.58. The molecule has 0 spiro atoms. The number of carbonyl (C=O) groups excluding carboxylic acids is 1. The zero-order valence-electron chi connectivity index (χ0n) is 32.8. The summed E-state index contributed by atoms with van der Waals surface area (Å²) < 4.78 is 43.4. The molecule has 2 heterocycles. The van der Waals surface area contributed by atoms with E-state index in [9.17, 15) is 9.59 Å². The summed E-state index contributed by atoms with van der Waals surface area (Å²) >= 11 is 0. The van der Waals surface area contributed by atoms with Crippen molar-refractivity contribution in [3.05, 3.63) is 148 Å². The second kappa shape index (κ2) is 17.5. The molecule has 4 aromatic carbocycles. The van der Waals surface area contributed by atoms with Crippen LogP contribution in [-0.2, 0) is 34.8 Å². The number of hydrogen-bond donors (Lipinski definition) is 1. The quantitative estimate of drug-likeness (QED) is 0.118. The van der Waals surface area contributed by atoms with Crippen LogP contribution in [0, 0.1) is 0 Å². The fraction of sp³-hybridized carbons (Fsp3) is 0.341. The van der Waals surface area contributed by atoms with Crippen LogP contribution in [0.25, 0.3) is 0 Å². The maximum Gasteiger partial charge on any atom is 0.351 e. The Balaban J connectivity index is 1.23. The minimum absolute atomic E-state index is 0.00225. The molecule has 6 rings (SSSR count). The van der Waals surface area contributed by atoms with E-state index in [1.54, 1.807) is 21.3 Å². The first-order valence-corrected chi connectivity index (χ1v) is 18.3. The average molecular weight is 764 g/mol. The smallest absolute Gasteiger partial charge is 0.351 e. The van der Waals surface area contributed by atoms with E-state index in [0.717, 1.165) is 22.3 Å². The molecule has 56 heavy (non-hydrogen) atoms. The maximum absolute atomic E-state index is 13.5. The topological polar surface area (TPSA) is 129 Å². The van der Waals surface area contributed by atoms with Crippen molar-refractivity contribution in [3.63, 3.8) is 0 Å². The number of benzene rings is 4. The third-order valence-corrected chi connectivity index (χ3v) is 9.93. The van der Waals surface area contributed by atoms with Gasteiger partial charge in [0.25, 0.3) is 5.91 Å². The van der Waals surface area contributed by atoms with E-state index in [1.807, 2.05) is 103 Å². The molecule has 1 aliphatic rings. The van der Waals surface area contributed by atoms with Crippen molar-refractivity contribution in [2.45, 2.75) is 56.3 Å². The number of nitrogens with one attached hydrogen (secondary N) is 1. The Hall–Kier alpha value is -5.53. The Labute approximate surface area is 327 Å². The molecule has 0 aliphatic carbocycles. The highest BCUT2D eigenvalue weighted by Gasteiger charge is 2.48. The minimum atomic E-state index is -1.11. The lowest BCUT2D eigenvalue weighted by atomic mass is 9.80. The zero-order valence-corrected chi connectivity index (χ0v) is 32.8. The maximum atomic E-state index is 13.5. The molecule has 1 fully saturated rings. The molecule has 12 heteroatoms. The number of nitrogens with zero attached hydrogens (tertiary/aromatic N) is 2. The molecule has 294 valence electrons. The molecule has 12 nitrogen and oxygen atoms in total. The van der Waals surface area contributed by atoms with Crippen LogP contribution in [0.5, 0.6) is 17.2 Å². The number of hydrogen-bond acceptors (Lipinski definition) is 10. The molecular formula is C44H49N3O9. The Morgan fingerprint density at radius 3 is 1.77 bits per heavy atom. The van der Waals surface area contributed by atoms with Crippen molar-refractivity contribution in [1.29, 1.82) is 0 Å². The van der Waals surface area contributed by atoms with E-state index in [0.29, 0.717) is 17.2 Å². The van der Waals surface area contributed by atoms with Gasteiger partial charge < -0.3 is 38.5 Å². The molecule has 1 saturated heterocycles. The molecule has 1 N–H and O–H groups in total. The van der Waals surface area contributed by atoms with Gasteiger partial charge in [0, 0.05) is 20.4 Å². The summed E-state index contributed by atoms with van der Waals surface area (Å²) in [5, 5.41) is 2.64. The van der Waals surface area contributed by atoms with Crippen molar-refractivity contribution < 1.29 is 38.0 Å². The summed E-state index contributed by atoms with van der Waals surface area (Å²) in [6.07, 6.45) is -1.44. The first-order chi connectivity index (χ1) is 27.0. The Kier molecular flexibility index (Phi) is 12.6. The normalized spacial score (nSPS) is 18.3. The predicted octanol–water partition coefficient (Wildman–Crippen LogP) is 6.51. The lowest BCUT2D eigenvalue weighted by molar-refractivity contribution is -0.118. The van der Waals surface area contributed by atoms with Gasteiger partial charge >= 0.3 is 5.69 Å². The van der Waals surface area contributed by atoms with E-state index >= 15 is 0 Å². The predicted molar refractivity (Wildman–Crippen MR) is 212 cm³/mol. The second-order valence-electron chi connectivity index (χ2n) is 14.4. The molecule has 0 saturated carbocycles. The van der Waals surface area contributed by atoms with Gasteiger partial charge in [-0.05, 0) is 70.1 Å². The SMILES string of the molecule is COc1ccc(C(OC[C@H]2O[C@@H](n3ccc(NC(=O)COc4ccc(C(C)(C)C)cc4)nc3=O)[C@H](OC)[C@H]2OC)(c2ccccc2)c2ccc(OC)cc2)cc1. The van der Waals surface area contributed by atoms with Crippen molar-refractivity contribution >= 4 is 11.7 Å². The van der Waals surface area contributed by atoms with Crippen LogP contribution >= 0.6 is 0 Å². The van der Waals surface area contributed by atoms with Crippen LogP contribution in [-0.4, -0.2) is 75.4 Å². The summed E-state index contributed by atoms with van der Waals surface area (Å²) in [7, 11) is 6.34. The van der Waals surface area contributed by atoms with E-state index in [2.05, 4.69) is 31.1 Å². The standard InChI is InChI=1S/C44H49N3O9/c1-43(2,3)29-13-23-35(24-14-29)54-28-38(48)45-37-25-26-47(42(49)46-37)41-40(53-7)39(52-6)36(56-41)27-55-44(30-11-9-8-10-12-30,31-15-19-33(50-4)20-16-31)32-17-21-34(51-5)22-18-32/h8-26,36,39-41H,27-28H2,1-7H3,(H,45,46,48,49)/t36-,39+,40-,41-/m1/s1. The Morgan fingerprint density at radius 1 is 0.714 bits per heavy atom. The highest BCUT2D eigenvalue weighted by molar-refractivity contribution is 5.90. The van der Waals surface area contributed by atoms with Crippen LogP contribution in [0.4, 0.5) is 5.82 Å².